The van der Waals surface area contributed by atoms with Gasteiger partial charge in [-0.25, -0.2) is 13.5 Å². The molecule has 0 aliphatic carbocycles. The third-order valence-electron chi connectivity index (χ3n) is 5.99. The van der Waals surface area contributed by atoms with Crippen LogP contribution in [-0.2, 0) is 24.9 Å². The normalized spacial score (nSPS) is 22.1. The average Bonchev–Trinajstić information content (AvgIpc) is 2.67. The minimum absolute atomic E-state index is 0.00152. The van der Waals surface area contributed by atoms with Crippen LogP contribution >= 0.6 is 0 Å². The number of fused-ring (bicyclic) bond motifs is 4. The number of hydrogen-bond donors (Lipinski definition) is 1. The molecule has 2 aliphatic heterocycles. The molecule has 0 saturated heterocycles. The van der Waals surface area contributed by atoms with Crippen LogP contribution in [0.4, 0.5) is 5.69 Å². The van der Waals surface area contributed by atoms with Crippen molar-refractivity contribution < 1.29 is 27.9 Å². The van der Waals surface area contributed by atoms with Crippen LogP contribution in [0.2, 0.25) is 0 Å². The number of rotatable bonds is 4. The summed E-state index contributed by atoms with van der Waals surface area (Å²) >= 11 is 0. The number of carboxylic acids is 1. The van der Waals surface area contributed by atoms with Crippen molar-refractivity contribution in [3.63, 3.8) is 0 Å². The lowest BCUT2D eigenvalue weighted by Crippen LogP contribution is -2.51. The minimum atomic E-state index is -3.94. The van der Waals surface area contributed by atoms with Crippen molar-refractivity contribution >= 4 is 21.5 Å². The molecule has 2 atom stereocenters. The lowest BCUT2D eigenvalue weighted by molar-refractivity contribution is -0.134. The summed E-state index contributed by atoms with van der Waals surface area (Å²) in [6, 6.07) is 12.5. The quantitative estimate of drug-likeness (QED) is 0.817. The third kappa shape index (κ3) is 3.07. The van der Waals surface area contributed by atoms with Crippen molar-refractivity contribution in [3.05, 3.63) is 53.6 Å². The van der Waals surface area contributed by atoms with Crippen molar-refractivity contribution in [3.8, 4) is 5.75 Å². The molecule has 1 N–H and O–H groups in total. The number of ether oxygens (including phenoxy) is 1. The van der Waals surface area contributed by atoms with Gasteiger partial charge in [0.1, 0.15) is 5.75 Å². The third-order valence-corrected chi connectivity index (χ3v) is 7.58. The first-order valence-electron chi connectivity index (χ1n) is 9.31. The molecule has 2 aromatic rings. The predicted octanol–water partition coefficient (Wildman–Crippen LogP) is 2.95. The Bertz CT molecular complexity index is 1080. The summed E-state index contributed by atoms with van der Waals surface area (Å²) in [6.45, 7) is 4.57. The van der Waals surface area contributed by atoms with E-state index in [1.807, 2.05) is 24.3 Å². The van der Waals surface area contributed by atoms with Gasteiger partial charge in [-0.3, -0.25) is 9.63 Å². The van der Waals surface area contributed by atoms with Crippen LogP contribution in [0.3, 0.4) is 0 Å². The van der Waals surface area contributed by atoms with Crippen LogP contribution in [0.1, 0.15) is 31.0 Å². The Kier molecular flexibility index (Phi) is 4.59. The highest BCUT2D eigenvalue weighted by Crippen LogP contribution is 2.55. The van der Waals surface area contributed by atoms with E-state index >= 15 is 0 Å². The Balaban J connectivity index is 1.88. The Morgan fingerprint density at radius 2 is 2.00 bits per heavy atom. The van der Waals surface area contributed by atoms with E-state index in [1.165, 1.54) is 6.07 Å². The second kappa shape index (κ2) is 6.74. The maximum Gasteiger partial charge on any atom is 0.319 e. The van der Waals surface area contributed by atoms with E-state index in [9.17, 15) is 13.2 Å². The summed E-state index contributed by atoms with van der Waals surface area (Å²) in [5, 5.41) is 10.8. The Labute approximate surface area is 169 Å². The number of para-hydroxylation sites is 1. The minimum Gasteiger partial charge on any atom is -0.493 e. The fourth-order valence-corrected chi connectivity index (χ4v) is 5.53. The highest BCUT2D eigenvalue weighted by atomic mass is 32.2. The molecule has 0 saturated carbocycles. The molecule has 0 spiro atoms. The number of hydroxylamine groups is 1. The summed E-state index contributed by atoms with van der Waals surface area (Å²) in [7, 11) is -2.35. The standard InChI is InChI=1S/C21H23NO6S/c1-21(2)15-10-13(29(25,26)12-19(23)24)8-9-17(15)22(27-3)20-14-6-4-5-7-18(14)28-11-16(20)21/h4-10,16,20H,11-12H2,1-3H3,(H,23,24)/t16-,20+/m0/s1. The highest BCUT2D eigenvalue weighted by molar-refractivity contribution is 7.92. The van der Waals surface area contributed by atoms with E-state index in [0.717, 1.165) is 22.6 Å². The van der Waals surface area contributed by atoms with Crippen LogP contribution in [0.5, 0.6) is 5.75 Å². The maximum atomic E-state index is 12.5. The fourth-order valence-electron chi connectivity index (χ4n) is 4.46. The summed E-state index contributed by atoms with van der Waals surface area (Å²) < 4.78 is 31.0. The zero-order valence-corrected chi connectivity index (χ0v) is 17.3. The highest BCUT2D eigenvalue weighted by Gasteiger charge is 2.50. The van der Waals surface area contributed by atoms with Gasteiger partial charge in [0.25, 0.3) is 0 Å². The van der Waals surface area contributed by atoms with Gasteiger partial charge in [0.2, 0.25) is 0 Å². The number of nitrogens with zero attached hydrogens (tertiary/aromatic N) is 1. The van der Waals surface area contributed by atoms with Crippen molar-refractivity contribution in [2.24, 2.45) is 5.92 Å². The maximum absolute atomic E-state index is 12.5. The Morgan fingerprint density at radius 1 is 1.28 bits per heavy atom. The summed E-state index contributed by atoms with van der Waals surface area (Å²) in [6.07, 6.45) is 0. The van der Waals surface area contributed by atoms with Gasteiger partial charge >= 0.3 is 5.97 Å². The zero-order chi connectivity index (χ0) is 21.0. The number of sulfone groups is 1. The zero-order valence-electron chi connectivity index (χ0n) is 16.5. The van der Waals surface area contributed by atoms with Gasteiger partial charge in [0.15, 0.2) is 15.6 Å². The molecule has 29 heavy (non-hydrogen) atoms. The Morgan fingerprint density at radius 3 is 2.69 bits per heavy atom. The number of carbonyl (C=O) groups is 1. The summed E-state index contributed by atoms with van der Waals surface area (Å²) in [4.78, 5) is 16.7. The molecule has 0 fully saturated rings. The molecule has 0 unspecified atom stereocenters. The molecular weight excluding hydrogens is 394 g/mol. The summed E-state index contributed by atoms with van der Waals surface area (Å²) in [5.74, 6) is -1.50. The fraction of sp³-hybridized carbons (Fsp3) is 0.381. The molecule has 0 bridgehead atoms. The summed E-state index contributed by atoms with van der Waals surface area (Å²) in [5.41, 5.74) is 2.14. The van der Waals surface area contributed by atoms with Gasteiger partial charge in [0.05, 0.1) is 30.3 Å². The van der Waals surface area contributed by atoms with E-state index in [-0.39, 0.29) is 16.9 Å². The number of benzene rings is 2. The molecule has 154 valence electrons. The van der Waals surface area contributed by atoms with Crippen LogP contribution in [-0.4, -0.2) is 39.0 Å². The van der Waals surface area contributed by atoms with Crippen LogP contribution < -0.4 is 9.80 Å². The first-order chi connectivity index (χ1) is 13.7. The molecule has 0 amide bonds. The average molecular weight is 417 g/mol. The molecule has 7 nitrogen and oxygen atoms in total. The number of carboxylic acid groups (broad SMARTS) is 1. The molecule has 8 heteroatoms. The first-order valence-corrected chi connectivity index (χ1v) is 11.0. The molecule has 0 aromatic heterocycles. The lowest BCUT2D eigenvalue weighted by atomic mass is 9.65. The molecule has 4 rings (SSSR count). The van der Waals surface area contributed by atoms with E-state index < -0.39 is 27.0 Å². The molecule has 2 aliphatic rings. The van der Waals surface area contributed by atoms with Crippen molar-refractivity contribution in [2.75, 3.05) is 24.5 Å². The van der Waals surface area contributed by atoms with Crippen molar-refractivity contribution in [1.82, 2.24) is 0 Å². The van der Waals surface area contributed by atoms with Crippen molar-refractivity contribution in [2.45, 2.75) is 30.2 Å². The van der Waals surface area contributed by atoms with E-state index in [1.54, 1.807) is 24.3 Å². The van der Waals surface area contributed by atoms with E-state index in [4.69, 9.17) is 14.7 Å². The predicted molar refractivity (Wildman–Crippen MR) is 107 cm³/mol. The van der Waals surface area contributed by atoms with Crippen LogP contribution in [0.25, 0.3) is 0 Å². The van der Waals surface area contributed by atoms with Gasteiger partial charge in [-0.1, -0.05) is 32.0 Å². The van der Waals surface area contributed by atoms with Gasteiger partial charge in [-0.15, -0.1) is 0 Å². The van der Waals surface area contributed by atoms with E-state index in [2.05, 4.69) is 13.8 Å². The second-order valence-corrected chi connectivity index (χ2v) is 9.95. The SMILES string of the molecule is CON1c2ccc(S(=O)(=O)CC(=O)O)cc2C(C)(C)[C@H]2COc3ccccc3[C@H]21. The lowest BCUT2D eigenvalue weighted by Gasteiger charge is -2.52. The van der Waals surface area contributed by atoms with Crippen molar-refractivity contribution in [1.29, 1.82) is 0 Å². The molecule has 0 radical (unpaired) electrons. The number of hydrogen-bond acceptors (Lipinski definition) is 6. The van der Waals surface area contributed by atoms with Gasteiger partial charge < -0.3 is 9.84 Å². The van der Waals surface area contributed by atoms with Gasteiger partial charge in [-0.05, 0) is 29.8 Å². The van der Waals surface area contributed by atoms with Crippen LogP contribution in [0.15, 0.2) is 47.4 Å². The Hall–Kier alpha value is -2.58. The van der Waals surface area contributed by atoms with E-state index in [0.29, 0.717) is 6.61 Å². The number of anilines is 1. The van der Waals surface area contributed by atoms with Gasteiger partial charge in [0, 0.05) is 16.9 Å². The van der Waals surface area contributed by atoms with Gasteiger partial charge in [-0.2, -0.15) is 0 Å². The largest absolute Gasteiger partial charge is 0.493 e. The monoisotopic (exact) mass is 417 g/mol. The molecule has 2 heterocycles. The number of aliphatic carboxylic acids is 1. The van der Waals surface area contributed by atoms with Crippen LogP contribution in [0, 0.1) is 5.92 Å². The second-order valence-electron chi connectivity index (χ2n) is 7.96. The first kappa shape index (κ1) is 19.7. The molecule has 2 aromatic carbocycles. The molecular formula is C21H23NO6S. The topological polar surface area (TPSA) is 93.1 Å². The smallest absolute Gasteiger partial charge is 0.319 e.